The van der Waals surface area contributed by atoms with Crippen LogP contribution in [0.2, 0.25) is 0 Å². The van der Waals surface area contributed by atoms with Crippen LogP contribution in [0.5, 0.6) is 0 Å². The van der Waals surface area contributed by atoms with Gasteiger partial charge in [0, 0.05) is 0 Å². The summed E-state index contributed by atoms with van der Waals surface area (Å²) in [6.07, 6.45) is 2.41. The maximum atomic E-state index is 10.9. The highest BCUT2D eigenvalue weighted by Crippen LogP contribution is 2.13. The van der Waals surface area contributed by atoms with Crippen molar-refractivity contribution in [3.63, 3.8) is 0 Å². The van der Waals surface area contributed by atoms with E-state index in [1.54, 1.807) is 25.1 Å². The molecule has 1 aromatic rings. The summed E-state index contributed by atoms with van der Waals surface area (Å²) in [5, 5.41) is 2.88. The number of likely N-dealkylation sites (N-methyl/N-ethyl adjacent to an activating group) is 1. The standard InChI is InChI=1S/C10H16N2O2S/c1-12-9(10(11)13)4-6-15-7-8-3-2-5-14-8/h2-3,5,9,12H,4,6-7H2,1H3,(H2,11,13). The highest BCUT2D eigenvalue weighted by atomic mass is 32.2. The van der Waals surface area contributed by atoms with Gasteiger partial charge in [-0.1, -0.05) is 0 Å². The highest BCUT2D eigenvalue weighted by molar-refractivity contribution is 7.98. The largest absolute Gasteiger partial charge is 0.468 e. The Morgan fingerprint density at radius 2 is 2.53 bits per heavy atom. The minimum Gasteiger partial charge on any atom is -0.468 e. The average Bonchev–Trinajstić information content (AvgIpc) is 2.70. The first-order valence-corrected chi connectivity index (χ1v) is 5.96. The third kappa shape index (κ3) is 4.40. The van der Waals surface area contributed by atoms with Gasteiger partial charge in [0.05, 0.1) is 18.1 Å². The van der Waals surface area contributed by atoms with Crippen LogP contribution in [0.4, 0.5) is 0 Å². The number of thioether (sulfide) groups is 1. The molecular weight excluding hydrogens is 212 g/mol. The van der Waals surface area contributed by atoms with Crippen molar-refractivity contribution in [3.05, 3.63) is 24.2 Å². The van der Waals surface area contributed by atoms with Crippen LogP contribution >= 0.6 is 11.8 Å². The second-order valence-corrected chi connectivity index (χ2v) is 4.27. The van der Waals surface area contributed by atoms with Gasteiger partial charge in [-0.05, 0) is 31.4 Å². The van der Waals surface area contributed by atoms with E-state index in [1.807, 2.05) is 12.1 Å². The van der Waals surface area contributed by atoms with Crippen LogP contribution in [0.25, 0.3) is 0 Å². The Bertz CT molecular complexity index is 288. The van der Waals surface area contributed by atoms with Crippen LogP contribution < -0.4 is 11.1 Å². The molecule has 1 aromatic heterocycles. The van der Waals surface area contributed by atoms with E-state index in [0.29, 0.717) is 0 Å². The number of carbonyl (C=O) groups excluding carboxylic acids is 1. The van der Waals surface area contributed by atoms with Crippen LogP contribution in [0.1, 0.15) is 12.2 Å². The molecule has 1 rings (SSSR count). The molecular formula is C10H16N2O2S. The quantitative estimate of drug-likeness (QED) is 0.682. The second-order valence-electron chi connectivity index (χ2n) is 3.16. The number of hydrogen-bond donors (Lipinski definition) is 2. The molecule has 3 N–H and O–H groups in total. The molecule has 1 amide bonds. The SMILES string of the molecule is CNC(CCSCc1ccco1)C(N)=O. The maximum Gasteiger partial charge on any atom is 0.234 e. The maximum absolute atomic E-state index is 10.9. The molecule has 0 aliphatic rings. The van der Waals surface area contributed by atoms with Crippen molar-refractivity contribution in [1.29, 1.82) is 0 Å². The molecule has 0 saturated heterocycles. The van der Waals surface area contributed by atoms with Crippen LogP contribution in [0.3, 0.4) is 0 Å². The molecule has 0 aliphatic heterocycles. The first kappa shape index (κ1) is 12.1. The lowest BCUT2D eigenvalue weighted by Gasteiger charge is -2.10. The van der Waals surface area contributed by atoms with E-state index in [4.69, 9.17) is 10.2 Å². The molecule has 1 heterocycles. The number of nitrogens with one attached hydrogen (secondary N) is 1. The van der Waals surface area contributed by atoms with Crippen LogP contribution in [0.15, 0.2) is 22.8 Å². The predicted octanol–water partition coefficient (Wildman–Crippen LogP) is 0.976. The van der Waals surface area contributed by atoms with E-state index in [1.165, 1.54) is 0 Å². The van der Waals surface area contributed by atoms with Gasteiger partial charge in [0.15, 0.2) is 0 Å². The molecule has 1 unspecified atom stereocenters. The Balaban J connectivity index is 2.13. The Hall–Kier alpha value is -0.940. The van der Waals surface area contributed by atoms with Crippen molar-refractivity contribution < 1.29 is 9.21 Å². The fourth-order valence-electron chi connectivity index (χ4n) is 1.20. The van der Waals surface area contributed by atoms with Crippen LogP contribution in [-0.2, 0) is 10.5 Å². The monoisotopic (exact) mass is 228 g/mol. The number of rotatable bonds is 7. The molecule has 0 fully saturated rings. The summed E-state index contributed by atoms with van der Waals surface area (Å²) in [5.74, 6) is 2.38. The van der Waals surface area contributed by atoms with Crippen molar-refractivity contribution in [2.24, 2.45) is 5.73 Å². The zero-order valence-electron chi connectivity index (χ0n) is 8.73. The number of hydrogen-bond acceptors (Lipinski definition) is 4. The topological polar surface area (TPSA) is 68.3 Å². The molecule has 4 nitrogen and oxygen atoms in total. The number of carbonyl (C=O) groups is 1. The normalized spacial score (nSPS) is 12.6. The summed E-state index contributed by atoms with van der Waals surface area (Å²) < 4.78 is 5.19. The first-order valence-electron chi connectivity index (χ1n) is 4.80. The number of nitrogens with two attached hydrogens (primary N) is 1. The van der Waals surface area contributed by atoms with Gasteiger partial charge in [-0.25, -0.2) is 0 Å². The van der Waals surface area contributed by atoms with E-state index in [2.05, 4.69) is 5.32 Å². The lowest BCUT2D eigenvalue weighted by atomic mass is 10.2. The van der Waals surface area contributed by atoms with Gasteiger partial charge < -0.3 is 15.5 Å². The van der Waals surface area contributed by atoms with Gasteiger partial charge in [-0.15, -0.1) is 0 Å². The van der Waals surface area contributed by atoms with E-state index >= 15 is 0 Å². The van der Waals surface area contributed by atoms with Gasteiger partial charge in [-0.3, -0.25) is 4.79 Å². The zero-order valence-corrected chi connectivity index (χ0v) is 9.55. The second kappa shape index (κ2) is 6.53. The number of primary amides is 1. The summed E-state index contributed by atoms with van der Waals surface area (Å²) in [4.78, 5) is 10.9. The van der Waals surface area contributed by atoms with Crippen molar-refractivity contribution in [1.82, 2.24) is 5.32 Å². The Labute approximate surface area is 93.6 Å². The smallest absolute Gasteiger partial charge is 0.234 e. The average molecular weight is 228 g/mol. The Morgan fingerprint density at radius 1 is 1.73 bits per heavy atom. The number of furan rings is 1. The fraction of sp³-hybridized carbons (Fsp3) is 0.500. The zero-order chi connectivity index (χ0) is 11.1. The van der Waals surface area contributed by atoms with Gasteiger partial charge in [0.2, 0.25) is 5.91 Å². The number of amides is 1. The molecule has 15 heavy (non-hydrogen) atoms. The van der Waals surface area contributed by atoms with Gasteiger partial charge in [0.25, 0.3) is 0 Å². The molecule has 84 valence electrons. The van der Waals surface area contributed by atoms with Crippen LogP contribution in [-0.4, -0.2) is 24.7 Å². The summed E-state index contributed by atoms with van der Waals surface area (Å²) in [6, 6.07) is 3.58. The summed E-state index contributed by atoms with van der Waals surface area (Å²) in [6.45, 7) is 0. The summed E-state index contributed by atoms with van der Waals surface area (Å²) in [5.41, 5.74) is 5.19. The molecule has 0 spiro atoms. The molecule has 0 radical (unpaired) electrons. The van der Waals surface area contributed by atoms with Crippen molar-refractivity contribution in [2.75, 3.05) is 12.8 Å². The van der Waals surface area contributed by atoms with Crippen molar-refractivity contribution in [3.8, 4) is 0 Å². The van der Waals surface area contributed by atoms with E-state index in [-0.39, 0.29) is 11.9 Å². The van der Waals surface area contributed by atoms with E-state index in [9.17, 15) is 4.79 Å². The van der Waals surface area contributed by atoms with Crippen LogP contribution in [0, 0.1) is 0 Å². The van der Waals surface area contributed by atoms with Gasteiger partial charge in [-0.2, -0.15) is 11.8 Å². The Kier molecular flexibility index (Phi) is 5.28. The van der Waals surface area contributed by atoms with Crippen molar-refractivity contribution in [2.45, 2.75) is 18.2 Å². The lowest BCUT2D eigenvalue weighted by molar-refractivity contribution is -0.119. The molecule has 0 saturated carbocycles. The summed E-state index contributed by atoms with van der Waals surface area (Å²) in [7, 11) is 1.74. The molecule has 0 aromatic carbocycles. The van der Waals surface area contributed by atoms with Gasteiger partial charge in [0.1, 0.15) is 5.76 Å². The molecule has 1 atom stereocenters. The van der Waals surface area contributed by atoms with Crippen molar-refractivity contribution >= 4 is 17.7 Å². The minimum atomic E-state index is -0.295. The van der Waals surface area contributed by atoms with Gasteiger partial charge >= 0.3 is 0 Å². The van der Waals surface area contributed by atoms with E-state index in [0.717, 1.165) is 23.7 Å². The summed E-state index contributed by atoms with van der Waals surface area (Å²) >= 11 is 1.73. The highest BCUT2D eigenvalue weighted by Gasteiger charge is 2.11. The van der Waals surface area contributed by atoms with E-state index < -0.39 is 0 Å². The Morgan fingerprint density at radius 3 is 3.07 bits per heavy atom. The first-order chi connectivity index (χ1) is 7.24. The fourth-order valence-corrected chi connectivity index (χ4v) is 2.11. The molecule has 5 heteroatoms. The third-order valence-corrected chi connectivity index (χ3v) is 3.08. The molecule has 0 aliphatic carbocycles. The minimum absolute atomic E-state index is 0.228. The molecule has 0 bridgehead atoms. The third-order valence-electron chi connectivity index (χ3n) is 2.07. The predicted molar refractivity (Wildman–Crippen MR) is 61.5 cm³/mol. The lowest BCUT2D eigenvalue weighted by Crippen LogP contribution is -2.39.